The molecule has 0 bridgehead atoms. The third-order valence-electron chi connectivity index (χ3n) is 3.45. The number of hydrogen-bond donors (Lipinski definition) is 1. The van der Waals surface area contributed by atoms with Gasteiger partial charge >= 0.3 is 0 Å². The number of nitrogens with one attached hydrogen (secondary N) is 1. The molecule has 0 fully saturated rings. The zero-order chi connectivity index (χ0) is 18.1. The van der Waals surface area contributed by atoms with E-state index in [1.807, 2.05) is 42.5 Å². The first kappa shape index (κ1) is 19.7. The van der Waals surface area contributed by atoms with Crippen molar-refractivity contribution in [2.45, 2.75) is 6.42 Å². The Kier molecular flexibility index (Phi) is 7.71. The molecular formula is C18H22ClNO4S. The van der Waals surface area contributed by atoms with Crippen LogP contribution >= 0.6 is 11.6 Å². The molecule has 0 aromatic heterocycles. The topological polar surface area (TPSA) is 64.6 Å². The molecule has 136 valence electrons. The van der Waals surface area contributed by atoms with Crippen molar-refractivity contribution >= 4 is 27.3 Å². The van der Waals surface area contributed by atoms with Gasteiger partial charge < -0.3 is 9.47 Å². The van der Waals surface area contributed by atoms with Crippen LogP contribution in [0.25, 0.3) is 0 Å². The van der Waals surface area contributed by atoms with Gasteiger partial charge in [-0.15, -0.1) is 0 Å². The summed E-state index contributed by atoms with van der Waals surface area (Å²) in [4.78, 5) is 0. The van der Waals surface area contributed by atoms with Crippen LogP contribution in [0.4, 0.5) is 5.69 Å². The van der Waals surface area contributed by atoms with Gasteiger partial charge in [0.15, 0.2) is 0 Å². The molecule has 0 spiro atoms. The Balaban J connectivity index is 1.92. The number of sulfonamides is 1. The summed E-state index contributed by atoms with van der Waals surface area (Å²) >= 11 is 5.89. The van der Waals surface area contributed by atoms with E-state index in [4.69, 9.17) is 21.1 Å². The summed E-state index contributed by atoms with van der Waals surface area (Å²) in [5, 5.41) is 0.693. The Bertz CT molecular complexity index is 763. The summed E-state index contributed by atoms with van der Waals surface area (Å²) in [7, 11) is -1.88. The van der Waals surface area contributed by atoms with E-state index in [-0.39, 0.29) is 12.4 Å². The summed E-state index contributed by atoms with van der Waals surface area (Å²) in [5.74, 6) is -0.0991. The van der Waals surface area contributed by atoms with Gasteiger partial charge in [0, 0.05) is 17.8 Å². The molecule has 0 saturated carbocycles. The third kappa shape index (κ3) is 7.44. The molecule has 0 saturated heterocycles. The van der Waals surface area contributed by atoms with Gasteiger partial charge in [-0.25, -0.2) is 8.42 Å². The SMILES string of the molecule is COCCOCCS(=O)(=O)Nc1cccc(Cc2ccc(Cl)cc2)c1. The summed E-state index contributed by atoms with van der Waals surface area (Å²) in [6.45, 7) is 0.950. The highest BCUT2D eigenvalue weighted by Gasteiger charge is 2.10. The van der Waals surface area contributed by atoms with Gasteiger partial charge in [-0.1, -0.05) is 35.9 Å². The van der Waals surface area contributed by atoms with Crippen molar-refractivity contribution < 1.29 is 17.9 Å². The second-order valence-corrected chi connectivity index (χ2v) is 7.81. The lowest BCUT2D eigenvalue weighted by molar-refractivity contribution is 0.0785. The second-order valence-electron chi connectivity index (χ2n) is 5.53. The highest BCUT2D eigenvalue weighted by molar-refractivity contribution is 7.92. The lowest BCUT2D eigenvalue weighted by atomic mass is 10.0. The number of rotatable bonds is 10. The van der Waals surface area contributed by atoms with Gasteiger partial charge in [0.2, 0.25) is 10.0 Å². The predicted octanol–water partition coefficient (Wildman–Crippen LogP) is 3.34. The standard InChI is InChI=1S/C18H22ClNO4S/c1-23-9-10-24-11-12-25(21,22)20-18-4-2-3-16(14-18)13-15-5-7-17(19)8-6-15/h2-8,14,20H,9-13H2,1H3. The minimum Gasteiger partial charge on any atom is -0.382 e. The molecule has 0 aliphatic heterocycles. The van der Waals surface area contributed by atoms with Gasteiger partial charge in [0.25, 0.3) is 0 Å². The van der Waals surface area contributed by atoms with Crippen molar-refractivity contribution in [2.24, 2.45) is 0 Å². The quantitative estimate of drug-likeness (QED) is 0.639. The van der Waals surface area contributed by atoms with Crippen molar-refractivity contribution in [3.05, 3.63) is 64.7 Å². The van der Waals surface area contributed by atoms with Crippen LogP contribution in [0.1, 0.15) is 11.1 Å². The van der Waals surface area contributed by atoms with E-state index in [0.717, 1.165) is 11.1 Å². The third-order valence-corrected chi connectivity index (χ3v) is 4.95. The number of hydrogen-bond acceptors (Lipinski definition) is 4. The maximum atomic E-state index is 12.1. The van der Waals surface area contributed by atoms with Crippen molar-refractivity contribution in [3.8, 4) is 0 Å². The fourth-order valence-corrected chi connectivity index (χ4v) is 3.28. The van der Waals surface area contributed by atoms with Crippen molar-refractivity contribution in [1.29, 1.82) is 0 Å². The van der Waals surface area contributed by atoms with Crippen LogP contribution in [0, 0.1) is 0 Å². The fraction of sp³-hybridized carbons (Fsp3) is 0.333. The van der Waals surface area contributed by atoms with Crippen LogP contribution in [0.2, 0.25) is 5.02 Å². The van der Waals surface area contributed by atoms with Gasteiger partial charge in [0.05, 0.1) is 25.6 Å². The lowest BCUT2D eigenvalue weighted by Gasteiger charge is -2.10. The minimum absolute atomic E-state index is 0.0991. The summed E-state index contributed by atoms with van der Waals surface area (Å²) in [5.41, 5.74) is 2.66. The highest BCUT2D eigenvalue weighted by atomic mass is 35.5. The number of halogens is 1. The Labute approximate surface area is 154 Å². The van der Waals surface area contributed by atoms with E-state index in [0.29, 0.717) is 30.3 Å². The van der Waals surface area contributed by atoms with E-state index < -0.39 is 10.0 Å². The van der Waals surface area contributed by atoms with Gasteiger partial charge in [-0.2, -0.15) is 0 Å². The first-order valence-corrected chi connectivity index (χ1v) is 9.92. The zero-order valence-corrected chi connectivity index (χ0v) is 15.6. The maximum Gasteiger partial charge on any atom is 0.234 e. The molecule has 0 amide bonds. The number of ether oxygens (including phenoxy) is 2. The van der Waals surface area contributed by atoms with Crippen LogP contribution in [0.5, 0.6) is 0 Å². The van der Waals surface area contributed by atoms with E-state index in [1.54, 1.807) is 13.2 Å². The van der Waals surface area contributed by atoms with E-state index in [1.165, 1.54) is 0 Å². The molecule has 0 heterocycles. The molecule has 7 heteroatoms. The maximum absolute atomic E-state index is 12.1. The highest BCUT2D eigenvalue weighted by Crippen LogP contribution is 2.17. The van der Waals surface area contributed by atoms with E-state index >= 15 is 0 Å². The fourth-order valence-electron chi connectivity index (χ4n) is 2.23. The second kappa shape index (κ2) is 9.77. The predicted molar refractivity (Wildman–Crippen MR) is 101 cm³/mol. The average molecular weight is 384 g/mol. The van der Waals surface area contributed by atoms with Crippen molar-refractivity contribution in [2.75, 3.05) is 37.4 Å². The molecule has 2 aromatic carbocycles. The number of anilines is 1. The van der Waals surface area contributed by atoms with E-state index in [2.05, 4.69) is 4.72 Å². The van der Waals surface area contributed by atoms with Crippen molar-refractivity contribution in [3.63, 3.8) is 0 Å². The van der Waals surface area contributed by atoms with E-state index in [9.17, 15) is 8.42 Å². The summed E-state index contributed by atoms with van der Waals surface area (Å²) in [6, 6.07) is 14.9. The average Bonchev–Trinajstić information content (AvgIpc) is 2.57. The van der Waals surface area contributed by atoms with Crippen LogP contribution in [-0.4, -0.2) is 41.1 Å². The lowest BCUT2D eigenvalue weighted by Crippen LogP contribution is -2.21. The molecule has 2 aromatic rings. The molecule has 0 atom stereocenters. The molecule has 0 unspecified atom stereocenters. The summed E-state index contributed by atoms with van der Waals surface area (Å²) in [6.07, 6.45) is 0.701. The molecule has 5 nitrogen and oxygen atoms in total. The monoisotopic (exact) mass is 383 g/mol. The van der Waals surface area contributed by atoms with Gasteiger partial charge in [0.1, 0.15) is 0 Å². The molecule has 2 rings (SSSR count). The first-order valence-electron chi connectivity index (χ1n) is 7.89. The molecule has 1 N–H and O–H groups in total. The minimum atomic E-state index is -3.45. The molecule has 0 aliphatic rings. The zero-order valence-electron chi connectivity index (χ0n) is 14.1. The van der Waals surface area contributed by atoms with Crippen LogP contribution in [-0.2, 0) is 25.9 Å². The van der Waals surface area contributed by atoms with Crippen molar-refractivity contribution in [1.82, 2.24) is 0 Å². The largest absolute Gasteiger partial charge is 0.382 e. The molecule has 25 heavy (non-hydrogen) atoms. The smallest absolute Gasteiger partial charge is 0.234 e. The summed E-state index contributed by atoms with van der Waals surface area (Å²) < 4.78 is 36.8. The van der Waals surface area contributed by atoms with Gasteiger partial charge in [-0.05, 0) is 41.8 Å². The number of benzene rings is 2. The Morgan fingerprint density at radius 1 is 1.00 bits per heavy atom. The Hall–Kier alpha value is -1.60. The molecule has 0 radical (unpaired) electrons. The Morgan fingerprint density at radius 3 is 2.48 bits per heavy atom. The van der Waals surface area contributed by atoms with Crippen LogP contribution < -0.4 is 4.72 Å². The van der Waals surface area contributed by atoms with Gasteiger partial charge in [-0.3, -0.25) is 4.72 Å². The molecular weight excluding hydrogens is 362 g/mol. The Morgan fingerprint density at radius 2 is 1.76 bits per heavy atom. The van der Waals surface area contributed by atoms with Crippen LogP contribution in [0.15, 0.2) is 48.5 Å². The number of methoxy groups -OCH3 is 1. The molecule has 0 aliphatic carbocycles. The normalized spacial score (nSPS) is 11.4. The van der Waals surface area contributed by atoms with Crippen LogP contribution in [0.3, 0.4) is 0 Å². The first-order chi connectivity index (χ1) is 12.0.